The Kier molecular flexibility index (Phi) is 3.46. The molecule has 0 aromatic heterocycles. The minimum atomic E-state index is -0.244. The first-order chi connectivity index (χ1) is 9.81. The first-order valence-corrected chi connectivity index (χ1v) is 6.55. The van der Waals surface area contributed by atoms with Crippen LogP contribution in [0.2, 0.25) is 0 Å². The summed E-state index contributed by atoms with van der Waals surface area (Å²) in [5.74, 6) is 0.338. The van der Waals surface area contributed by atoms with Crippen molar-refractivity contribution >= 4 is 16.7 Å². The molecule has 3 aromatic carbocycles. The van der Waals surface area contributed by atoms with E-state index in [0.29, 0.717) is 5.75 Å². The summed E-state index contributed by atoms with van der Waals surface area (Å²) in [5, 5.41) is 2.31. The standard InChI is InChI=1S/C18H14O2/c19-18(20-17-8-2-1-3-9-17)13-14-10-11-15-6-4-5-7-16(15)12-14/h1-12H,13H2. The van der Waals surface area contributed by atoms with Gasteiger partial charge in [-0.3, -0.25) is 4.79 Å². The molecule has 3 rings (SSSR count). The van der Waals surface area contributed by atoms with Crippen molar-refractivity contribution < 1.29 is 9.53 Å². The molecule has 0 aliphatic carbocycles. The molecule has 0 atom stereocenters. The number of rotatable bonds is 3. The van der Waals surface area contributed by atoms with Crippen molar-refractivity contribution in [3.8, 4) is 5.75 Å². The number of ether oxygens (including phenoxy) is 1. The van der Waals surface area contributed by atoms with Crippen LogP contribution in [0.1, 0.15) is 5.56 Å². The molecule has 0 spiro atoms. The lowest BCUT2D eigenvalue weighted by molar-refractivity contribution is -0.133. The molecule has 0 N–H and O–H groups in total. The van der Waals surface area contributed by atoms with Crippen molar-refractivity contribution in [2.24, 2.45) is 0 Å². The number of esters is 1. The number of benzene rings is 3. The molecule has 0 heterocycles. The van der Waals surface area contributed by atoms with Gasteiger partial charge in [-0.05, 0) is 28.5 Å². The summed E-state index contributed by atoms with van der Waals surface area (Å²) in [7, 11) is 0. The summed E-state index contributed by atoms with van der Waals surface area (Å²) in [6.45, 7) is 0. The Balaban J connectivity index is 1.74. The highest BCUT2D eigenvalue weighted by Gasteiger charge is 2.06. The smallest absolute Gasteiger partial charge is 0.315 e. The van der Waals surface area contributed by atoms with Crippen molar-refractivity contribution in [1.82, 2.24) is 0 Å². The third kappa shape index (κ3) is 2.86. The Morgan fingerprint density at radius 3 is 2.30 bits per heavy atom. The van der Waals surface area contributed by atoms with Crippen LogP contribution in [0.5, 0.6) is 5.75 Å². The Morgan fingerprint density at radius 1 is 0.800 bits per heavy atom. The van der Waals surface area contributed by atoms with Crippen molar-refractivity contribution in [2.75, 3.05) is 0 Å². The van der Waals surface area contributed by atoms with Crippen molar-refractivity contribution in [1.29, 1.82) is 0 Å². The highest BCUT2D eigenvalue weighted by atomic mass is 16.5. The lowest BCUT2D eigenvalue weighted by Crippen LogP contribution is -2.11. The molecule has 0 amide bonds. The first kappa shape index (κ1) is 12.4. The Morgan fingerprint density at radius 2 is 1.50 bits per heavy atom. The van der Waals surface area contributed by atoms with Gasteiger partial charge < -0.3 is 4.74 Å². The maximum atomic E-state index is 11.9. The predicted molar refractivity (Wildman–Crippen MR) is 79.7 cm³/mol. The van der Waals surface area contributed by atoms with Gasteiger partial charge in [0.15, 0.2) is 0 Å². The van der Waals surface area contributed by atoms with Gasteiger partial charge in [0.1, 0.15) is 5.75 Å². The molecule has 0 unspecified atom stereocenters. The maximum absolute atomic E-state index is 11.9. The van der Waals surface area contributed by atoms with E-state index >= 15 is 0 Å². The van der Waals surface area contributed by atoms with Gasteiger partial charge in [-0.1, -0.05) is 60.7 Å². The van der Waals surface area contributed by atoms with Gasteiger partial charge in [0, 0.05) is 0 Å². The molecule has 98 valence electrons. The van der Waals surface area contributed by atoms with Crippen LogP contribution in [0.3, 0.4) is 0 Å². The second kappa shape index (κ2) is 5.57. The van der Waals surface area contributed by atoms with Gasteiger partial charge in [0.2, 0.25) is 0 Å². The fourth-order valence-corrected chi connectivity index (χ4v) is 2.17. The number of fused-ring (bicyclic) bond motifs is 1. The summed E-state index contributed by atoms with van der Waals surface area (Å²) in [6, 6.07) is 23.3. The summed E-state index contributed by atoms with van der Waals surface area (Å²) in [4.78, 5) is 11.9. The first-order valence-electron chi connectivity index (χ1n) is 6.55. The molecule has 0 saturated carbocycles. The predicted octanol–water partition coefficient (Wildman–Crippen LogP) is 3.99. The minimum absolute atomic E-state index is 0.244. The number of hydrogen-bond acceptors (Lipinski definition) is 2. The zero-order valence-corrected chi connectivity index (χ0v) is 11.0. The molecule has 0 radical (unpaired) electrons. The van der Waals surface area contributed by atoms with Crippen LogP contribution in [0.4, 0.5) is 0 Å². The summed E-state index contributed by atoms with van der Waals surface area (Å²) < 4.78 is 5.29. The molecule has 0 saturated heterocycles. The maximum Gasteiger partial charge on any atom is 0.315 e. The molecule has 3 aromatic rings. The Bertz CT molecular complexity index is 733. The minimum Gasteiger partial charge on any atom is -0.426 e. The summed E-state index contributed by atoms with van der Waals surface area (Å²) in [6.07, 6.45) is 0.278. The average Bonchev–Trinajstić information content (AvgIpc) is 2.48. The summed E-state index contributed by atoms with van der Waals surface area (Å²) >= 11 is 0. The molecule has 0 fully saturated rings. The van der Waals surface area contributed by atoms with Gasteiger partial charge in [-0.15, -0.1) is 0 Å². The number of carbonyl (C=O) groups excluding carboxylic acids is 1. The average molecular weight is 262 g/mol. The quantitative estimate of drug-likeness (QED) is 0.527. The molecule has 0 bridgehead atoms. The van der Waals surface area contributed by atoms with E-state index < -0.39 is 0 Å². The Labute approximate surface area is 117 Å². The zero-order chi connectivity index (χ0) is 13.8. The van der Waals surface area contributed by atoms with Gasteiger partial charge in [0.05, 0.1) is 6.42 Å². The van der Waals surface area contributed by atoms with Crippen LogP contribution in [0, 0.1) is 0 Å². The second-order valence-corrected chi connectivity index (χ2v) is 4.65. The van der Waals surface area contributed by atoms with Gasteiger partial charge in [0.25, 0.3) is 0 Å². The zero-order valence-electron chi connectivity index (χ0n) is 11.0. The molecule has 0 aliphatic heterocycles. The van der Waals surface area contributed by atoms with Crippen molar-refractivity contribution in [3.05, 3.63) is 78.4 Å². The van der Waals surface area contributed by atoms with Crippen molar-refractivity contribution in [3.63, 3.8) is 0 Å². The fraction of sp³-hybridized carbons (Fsp3) is 0.0556. The van der Waals surface area contributed by atoms with Gasteiger partial charge in [-0.2, -0.15) is 0 Å². The van der Waals surface area contributed by atoms with E-state index in [9.17, 15) is 4.79 Å². The summed E-state index contributed by atoms with van der Waals surface area (Å²) in [5.41, 5.74) is 0.963. The van der Waals surface area contributed by atoms with Crippen LogP contribution in [-0.2, 0) is 11.2 Å². The van der Waals surface area contributed by atoms with E-state index in [1.807, 2.05) is 54.6 Å². The third-order valence-electron chi connectivity index (χ3n) is 3.14. The van der Waals surface area contributed by atoms with E-state index in [-0.39, 0.29) is 12.4 Å². The van der Waals surface area contributed by atoms with Gasteiger partial charge in [-0.25, -0.2) is 0 Å². The van der Waals surface area contributed by atoms with Gasteiger partial charge >= 0.3 is 5.97 Å². The van der Waals surface area contributed by atoms with E-state index in [4.69, 9.17) is 4.74 Å². The molecular formula is C18H14O2. The van der Waals surface area contributed by atoms with E-state index in [1.165, 1.54) is 5.39 Å². The number of carbonyl (C=O) groups is 1. The van der Waals surface area contributed by atoms with Crippen molar-refractivity contribution in [2.45, 2.75) is 6.42 Å². The van der Waals surface area contributed by atoms with E-state index in [2.05, 4.69) is 6.07 Å². The highest BCUT2D eigenvalue weighted by Crippen LogP contribution is 2.17. The number of hydrogen-bond donors (Lipinski definition) is 0. The molecule has 2 heteroatoms. The molecule has 2 nitrogen and oxygen atoms in total. The monoisotopic (exact) mass is 262 g/mol. The van der Waals surface area contributed by atoms with Crippen LogP contribution >= 0.6 is 0 Å². The lowest BCUT2D eigenvalue weighted by Gasteiger charge is -2.05. The van der Waals surface area contributed by atoms with Crippen LogP contribution < -0.4 is 4.74 Å². The normalized spacial score (nSPS) is 10.4. The fourth-order valence-electron chi connectivity index (χ4n) is 2.17. The topological polar surface area (TPSA) is 26.3 Å². The lowest BCUT2D eigenvalue weighted by atomic mass is 10.1. The third-order valence-corrected chi connectivity index (χ3v) is 3.14. The largest absolute Gasteiger partial charge is 0.426 e. The van der Waals surface area contributed by atoms with Crippen LogP contribution in [0.25, 0.3) is 10.8 Å². The molecular weight excluding hydrogens is 248 g/mol. The van der Waals surface area contributed by atoms with E-state index in [0.717, 1.165) is 10.9 Å². The second-order valence-electron chi connectivity index (χ2n) is 4.65. The van der Waals surface area contributed by atoms with Crippen LogP contribution in [-0.4, -0.2) is 5.97 Å². The molecule has 20 heavy (non-hydrogen) atoms. The molecule has 0 aliphatic rings. The van der Waals surface area contributed by atoms with Crippen LogP contribution in [0.15, 0.2) is 72.8 Å². The number of para-hydroxylation sites is 1. The SMILES string of the molecule is O=C(Cc1ccc2ccccc2c1)Oc1ccccc1. The Hall–Kier alpha value is -2.61. The van der Waals surface area contributed by atoms with E-state index in [1.54, 1.807) is 12.1 Å². The highest BCUT2D eigenvalue weighted by molar-refractivity contribution is 5.84.